The summed E-state index contributed by atoms with van der Waals surface area (Å²) in [5.74, 6) is 0. The third kappa shape index (κ3) is 4.36. The minimum atomic E-state index is -4.57. The van der Waals surface area contributed by atoms with Gasteiger partial charge in [-0.05, 0) is 12.8 Å². The lowest BCUT2D eigenvalue weighted by Gasteiger charge is -2.27. The number of hydrogen-bond donors (Lipinski definition) is 1. The van der Waals surface area contributed by atoms with Gasteiger partial charge in [0, 0.05) is 6.54 Å². The molecule has 1 aliphatic rings. The summed E-state index contributed by atoms with van der Waals surface area (Å²) in [7, 11) is 0. The van der Waals surface area contributed by atoms with E-state index in [0.717, 1.165) is 25.7 Å². The molecule has 1 aliphatic carbocycles. The van der Waals surface area contributed by atoms with E-state index in [1.165, 1.54) is 0 Å². The molecule has 0 bridgehead atoms. The highest BCUT2D eigenvalue weighted by atomic mass is 19.4. The molecule has 0 aromatic carbocycles. The summed E-state index contributed by atoms with van der Waals surface area (Å²) >= 11 is 0. The van der Waals surface area contributed by atoms with Crippen LogP contribution in [0.4, 0.5) is 13.2 Å². The highest BCUT2D eigenvalue weighted by Crippen LogP contribution is 2.32. The van der Waals surface area contributed by atoms with E-state index in [2.05, 4.69) is 4.74 Å². The Morgan fingerprint density at radius 3 is 2.20 bits per heavy atom. The SMILES string of the molecule is NCC1(OCCOC(F)(F)F)CCCC1. The quantitative estimate of drug-likeness (QED) is 0.728. The van der Waals surface area contributed by atoms with Gasteiger partial charge in [0.1, 0.15) is 0 Å². The molecule has 1 saturated carbocycles. The Bertz CT molecular complexity index is 190. The average molecular weight is 227 g/mol. The van der Waals surface area contributed by atoms with Gasteiger partial charge in [-0.1, -0.05) is 12.8 Å². The average Bonchev–Trinajstić information content (AvgIpc) is 2.60. The second-order valence-corrected chi connectivity index (χ2v) is 3.74. The number of alkyl halides is 3. The van der Waals surface area contributed by atoms with E-state index >= 15 is 0 Å². The minimum absolute atomic E-state index is 0.0588. The molecule has 6 heteroatoms. The molecule has 0 aromatic rings. The van der Waals surface area contributed by atoms with Crippen molar-refractivity contribution < 1.29 is 22.6 Å². The Hall–Kier alpha value is -0.330. The van der Waals surface area contributed by atoms with Gasteiger partial charge in [-0.15, -0.1) is 13.2 Å². The fourth-order valence-electron chi connectivity index (χ4n) is 1.84. The van der Waals surface area contributed by atoms with Crippen LogP contribution in [0, 0.1) is 0 Å². The number of rotatable bonds is 5. The van der Waals surface area contributed by atoms with Gasteiger partial charge in [-0.25, -0.2) is 0 Å². The number of ether oxygens (including phenoxy) is 2. The molecule has 0 heterocycles. The maximum atomic E-state index is 11.6. The molecule has 0 amide bonds. The fourth-order valence-corrected chi connectivity index (χ4v) is 1.84. The normalized spacial score (nSPS) is 20.8. The molecule has 0 unspecified atom stereocenters. The molecule has 90 valence electrons. The Kier molecular flexibility index (Phi) is 4.36. The van der Waals surface area contributed by atoms with Gasteiger partial charge in [0.05, 0.1) is 18.8 Å². The van der Waals surface area contributed by atoms with Crippen molar-refractivity contribution in [3.05, 3.63) is 0 Å². The Labute approximate surface area is 86.7 Å². The molecule has 0 saturated heterocycles. The van der Waals surface area contributed by atoms with Crippen LogP contribution in [0.2, 0.25) is 0 Å². The van der Waals surface area contributed by atoms with Crippen LogP contribution in [-0.2, 0) is 9.47 Å². The monoisotopic (exact) mass is 227 g/mol. The van der Waals surface area contributed by atoms with Gasteiger partial charge in [0.25, 0.3) is 0 Å². The molecule has 15 heavy (non-hydrogen) atoms. The van der Waals surface area contributed by atoms with Crippen molar-refractivity contribution >= 4 is 0 Å². The van der Waals surface area contributed by atoms with Crippen LogP contribution in [0.5, 0.6) is 0 Å². The largest absolute Gasteiger partial charge is 0.522 e. The van der Waals surface area contributed by atoms with E-state index in [4.69, 9.17) is 10.5 Å². The zero-order valence-corrected chi connectivity index (χ0v) is 8.48. The zero-order chi connectivity index (χ0) is 11.4. The zero-order valence-electron chi connectivity index (χ0n) is 8.48. The smallest absolute Gasteiger partial charge is 0.371 e. The molecule has 2 N–H and O–H groups in total. The molecule has 1 fully saturated rings. The lowest BCUT2D eigenvalue weighted by atomic mass is 10.0. The maximum Gasteiger partial charge on any atom is 0.522 e. The molecular formula is C9H16F3NO2. The summed E-state index contributed by atoms with van der Waals surface area (Å²) in [6.45, 7) is -0.166. The topological polar surface area (TPSA) is 44.5 Å². The van der Waals surface area contributed by atoms with Gasteiger partial charge >= 0.3 is 6.36 Å². The van der Waals surface area contributed by atoms with Crippen molar-refractivity contribution in [1.82, 2.24) is 0 Å². The predicted molar refractivity (Wildman–Crippen MR) is 48.2 cm³/mol. The Morgan fingerprint density at radius 1 is 1.13 bits per heavy atom. The van der Waals surface area contributed by atoms with E-state index in [-0.39, 0.29) is 6.61 Å². The third-order valence-corrected chi connectivity index (χ3v) is 2.64. The van der Waals surface area contributed by atoms with Crippen molar-refractivity contribution in [3.63, 3.8) is 0 Å². The third-order valence-electron chi connectivity index (χ3n) is 2.64. The highest BCUT2D eigenvalue weighted by Gasteiger charge is 2.34. The lowest BCUT2D eigenvalue weighted by Crippen LogP contribution is -2.39. The molecule has 0 aromatic heterocycles. The van der Waals surface area contributed by atoms with Gasteiger partial charge in [0.2, 0.25) is 0 Å². The van der Waals surface area contributed by atoms with Gasteiger partial charge in [-0.2, -0.15) is 0 Å². The van der Waals surface area contributed by atoms with Crippen LogP contribution < -0.4 is 5.73 Å². The van der Waals surface area contributed by atoms with Crippen molar-refractivity contribution in [1.29, 1.82) is 0 Å². The summed E-state index contributed by atoms with van der Waals surface area (Å²) in [6.07, 6.45) is -0.866. The van der Waals surface area contributed by atoms with E-state index in [1.54, 1.807) is 0 Å². The molecule has 1 rings (SSSR count). The number of nitrogens with two attached hydrogens (primary N) is 1. The van der Waals surface area contributed by atoms with Crippen LogP contribution in [-0.4, -0.2) is 31.7 Å². The van der Waals surface area contributed by atoms with Crippen LogP contribution in [0.3, 0.4) is 0 Å². The van der Waals surface area contributed by atoms with Crippen LogP contribution in [0.1, 0.15) is 25.7 Å². The first-order chi connectivity index (χ1) is 6.97. The van der Waals surface area contributed by atoms with E-state index in [0.29, 0.717) is 6.54 Å². The minimum Gasteiger partial charge on any atom is -0.371 e. The van der Waals surface area contributed by atoms with Crippen LogP contribution in [0.15, 0.2) is 0 Å². The summed E-state index contributed by atoms with van der Waals surface area (Å²) in [5.41, 5.74) is 5.14. The first-order valence-corrected chi connectivity index (χ1v) is 5.02. The predicted octanol–water partition coefficient (Wildman–Crippen LogP) is 1.81. The number of hydrogen-bond acceptors (Lipinski definition) is 3. The first kappa shape index (κ1) is 12.7. The van der Waals surface area contributed by atoms with Crippen LogP contribution >= 0.6 is 0 Å². The van der Waals surface area contributed by atoms with E-state index < -0.39 is 18.6 Å². The molecule has 0 atom stereocenters. The Balaban J connectivity index is 2.18. The second-order valence-electron chi connectivity index (χ2n) is 3.74. The summed E-state index contributed by atoms with van der Waals surface area (Å²) in [4.78, 5) is 0. The van der Waals surface area contributed by atoms with Crippen LogP contribution in [0.25, 0.3) is 0 Å². The summed E-state index contributed by atoms with van der Waals surface area (Å²) < 4.78 is 43.9. The maximum absolute atomic E-state index is 11.6. The second kappa shape index (κ2) is 5.14. The summed E-state index contributed by atoms with van der Waals surface area (Å²) in [5, 5.41) is 0. The van der Waals surface area contributed by atoms with Gasteiger partial charge in [-0.3, -0.25) is 4.74 Å². The fraction of sp³-hybridized carbons (Fsp3) is 1.00. The standard InChI is InChI=1S/C9H16F3NO2/c10-9(11,12)15-6-5-14-8(7-13)3-1-2-4-8/h1-7,13H2. The molecule has 0 radical (unpaired) electrons. The van der Waals surface area contributed by atoms with Crippen molar-refractivity contribution in [2.75, 3.05) is 19.8 Å². The van der Waals surface area contributed by atoms with Crippen molar-refractivity contribution in [2.24, 2.45) is 5.73 Å². The van der Waals surface area contributed by atoms with Crippen molar-refractivity contribution in [2.45, 2.75) is 37.6 Å². The van der Waals surface area contributed by atoms with Gasteiger partial charge in [0.15, 0.2) is 0 Å². The van der Waals surface area contributed by atoms with E-state index in [9.17, 15) is 13.2 Å². The van der Waals surface area contributed by atoms with E-state index in [1.807, 2.05) is 0 Å². The van der Waals surface area contributed by atoms with Crippen molar-refractivity contribution in [3.8, 4) is 0 Å². The number of halogens is 3. The molecular weight excluding hydrogens is 211 g/mol. The molecule has 0 aliphatic heterocycles. The highest BCUT2D eigenvalue weighted by molar-refractivity contribution is 4.87. The Morgan fingerprint density at radius 2 is 1.73 bits per heavy atom. The molecule has 3 nitrogen and oxygen atoms in total. The molecule has 0 spiro atoms. The lowest BCUT2D eigenvalue weighted by molar-refractivity contribution is -0.328. The summed E-state index contributed by atoms with van der Waals surface area (Å²) in [6, 6.07) is 0. The first-order valence-electron chi connectivity index (χ1n) is 5.02. The van der Waals surface area contributed by atoms with Gasteiger partial charge < -0.3 is 10.5 Å².